The second kappa shape index (κ2) is 8.23. The Bertz CT molecular complexity index is 1260. The maximum Gasteiger partial charge on any atom is 0.326 e. The van der Waals surface area contributed by atoms with Crippen LogP contribution in [-0.2, 0) is 11.2 Å². The van der Waals surface area contributed by atoms with Crippen LogP contribution in [0.15, 0.2) is 78.9 Å². The highest BCUT2D eigenvalue weighted by Crippen LogP contribution is 2.28. The normalized spacial score (nSPS) is 11.9. The maximum absolute atomic E-state index is 13.3. The summed E-state index contributed by atoms with van der Waals surface area (Å²) >= 11 is 0. The van der Waals surface area contributed by atoms with Gasteiger partial charge in [-0.2, -0.15) is 0 Å². The molecule has 1 amide bonds. The number of carboxylic acid groups (broad SMARTS) is 1. The van der Waals surface area contributed by atoms with Gasteiger partial charge in [0.1, 0.15) is 6.04 Å². The second-order valence-electron chi connectivity index (χ2n) is 7.19. The third-order valence-electron chi connectivity index (χ3n) is 5.19. The molecular formula is C24H18N2O5. The molecule has 0 fully saturated rings. The van der Waals surface area contributed by atoms with E-state index in [1.165, 1.54) is 24.3 Å². The van der Waals surface area contributed by atoms with Gasteiger partial charge >= 0.3 is 5.97 Å². The molecule has 0 saturated heterocycles. The molecular weight excluding hydrogens is 396 g/mol. The van der Waals surface area contributed by atoms with Gasteiger partial charge in [0.05, 0.1) is 10.5 Å². The lowest BCUT2D eigenvalue weighted by Gasteiger charge is -2.17. The zero-order valence-corrected chi connectivity index (χ0v) is 16.3. The molecule has 7 nitrogen and oxygen atoms in total. The fraction of sp³-hybridized carbons (Fsp3) is 0.0833. The molecule has 0 aliphatic carbocycles. The van der Waals surface area contributed by atoms with Gasteiger partial charge in [0, 0.05) is 18.6 Å². The van der Waals surface area contributed by atoms with E-state index in [2.05, 4.69) is 5.32 Å². The summed E-state index contributed by atoms with van der Waals surface area (Å²) in [6.07, 6.45) is 0.00175. The van der Waals surface area contributed by atoms with Crippen LogP contribution in [0.3, 0.4) is 0 Å². The molecule has 0 radical (unpaired) electrons. The molecule has 0 heterocycles. The maximum atomic E-state index is 13.3. The Labute approximate surface area is 177 Å². The first kappa shape index (κ1) is 20.0. The van der Waals surface area contributed by atoms with Gasteiger partial charge in [-0.3, -0.25) is 14.9 Å². The number of rotatable bonds is 6. The summed E-state index contributed by atoms with van der Waals surface area (Å²) in [5, 5.41) is 26.4. The van der Waals surface area contributed by atoms with E-state index in [-0.39, 0.29) is 12.1 Å². The zero-order chi connectivity index (χ0) is 22.0. The Morgan fingerprint density at radius 3 is 1.97 bits per heavy atom. The summed E-state index contributed by atoms with van der Waals surface area (Å²) in [5.74, 6) is -1.67. The Balaban J connectivity index is 1.68. The average molecular weight is 414 g/mol. The third-order valence-corrected chi connectivity index (χ3v) is 5.19. The Morgan fingerprint density at radius 1 is 0.903 bits per heavy atom. The summed E-state index contributed by atoms with van der Waals surface area (Å²) in [5.41, 5.74) is 0.909. The van der Waals surface area contributed by atoms with Crippen molar-refractivity contribution in [3.63, 3.8) is 0 Å². The lowest BCUT2D eigenvalue weighted by molar-refractivity contribution is -0.384. The van der Waals surface area contributed by atoms with Crippen LogP contribution in [-0.4, -0.2) is 27.9 Å². The monoisotopic (exact) mass is 414 g/mol. The molecule has 31 heavy (non-hydrogen) atoms. The summed E-state index contributed by atoms with van der Waals surface area (Å²) in [7, 11) is 0. The fourth-order valence-electron chi connectivity index (χ4n) is 3.68. The quantitative estimate of drug-likeness (QED) is 0.277. The molecule has 154 valence electrons. The van der Waals surface area contributed by atoms with Crippen molar-refractivity contribution in [1.29, 1.82) is 0 Å². The van der Waals surface area contributed by atoms with Gasteiger partial charge in [-0.1, -0.05) is 60.7 Å². The minimum absolute atomic E-state index is 0.00175. The van der Waals surface area contributed by atoms with E-state index in [1.54, 1.807) is 0 Å². The highest BCUT2D eigenvalue weighted by Gasteiger charge is 2.24. The van der Waals surface area contributed by atoms with E-state index in [9.17, 15) is 24.8 Å². The minimum Gasteiger partial charge on any atom is -0.480 e. The lowest BCUT2D eigenvalue weighted by Crippen LogP contribution is -2.42. The van der Waals surface area contributed by atoms with Gasteiger partial charge in [-0.05, 0) is 33.2 Å². The summed E-state index contributed by atoms with van der Waals surface area (Å²) in [6.45, 7) is 0. The number of amides is 1. The number of carbonyl (C=O) groups excluding carboxylic acids is 1. The molecule has 0 unspecified atom stereocenters. The number of nitro groups is 1. The molecule has 0 bridgehead atoms. The van der Waals surface area contributed by atoms with Crippen molar-refractivity contribution in [1.82, 2.24) is 5.32 Å². The molecule has 4 aromatic rings. The number of non-ortho nitro benzene ring substituents is 1. The number of carboxylic acids is 1. The Hall–Kier alpha value is -4.26. The van der Waals surface area contributed by atoms with Crippen molar-refractivity contribution in [3.8, 4) is 0 Å². The summed E-state index contributed by atoms with van der Waals surface area (Å²) in [6, 6.07) is 21.3. The van der Waals surface area contributed by atoms with Gasteiger partial charge in [0.15, 0.2) is 0 Å². The number of benzene rings is 4. The van der Waals surface area contributed by atoms with Crippen LogP contribution in [0.25, 0.3) is 21.5 Å². The van der Waals surface area contributed by atoms with Crippen molar-refractivity contribution in [2.24, 2.45) is 0 Å². The molecule has 4 aromatic carbocycles. The van der Waals surface area contributed by atoms with Crippen molar-refractivity contribution < 1.29 is 19.6 Å². The van der Waals surface area contributed by atoms with Crippen LogP contribution in [0.2, 0.25) is 0 Å². The van der Waals surface area contributed by atoms with Crippen LogP contribution in [0.5, 0.6) is 0 Å². The third kappa shape index (κ3) is 4.06. The van der Waals surface area contributed by atoms with Crippen molar-refractivity contribution in [2.75, 3.05) is 0 Å². The number of nitrogens with one attached hydrogen (secondary N) is 1. The van der Waals surface area contributed by atoms with Crippen molar-refractivity contribution >= 4 is 39.1 Å². The topological polar surface area (TPSA) is 110 Å². The zero-order valence-electron chi connectivity index (χ0n) is 16.3. The van der Waals surface area contributed by atoms with E-state index in [4.69, 9.17) is 0 Å². The second-order valence-corrected chi connectivity index (χ2v) is 7.19. The number of aliphatic carboxylic acids is 1. The number of hydrogen-bond acceptors (Lipinski definition) is 4. The highest BCUT2D eigenvalue weighted by atomic mass is 16.6. The number of fused-ring (bicyclic) bond motifs is 2. The van der Waals surface area contributed by atoms with Gasteiger partial charge in [0.2, 0.25) is 0 Å². The number of carbonyl (C=O) groups is 2. The smallest absolute Gasteiger partial charge is 0.326 e. The fourth-order valence-corrected chi connectivity index (χ4v) is 3.68. The average Bonchev–Trinajstić information content (AvgIpc) is 2.77. The Kier molecular flexibility index (Phi) is 5.32. The summed E-state index contributed by atoms with van der Waals surface area (Å²) in [4.78, 5) is 35.4. The molecule has 2 N–H and O–H groups in total. The molecule has 1 atom stereocenters. The molecule has 0 saturated carbocycles. The van der Waals surface area contributed by atoms with Gasteiger partial charge in [0.25, 0.3) is 11.6 Å². The summed E-state index contributed by atoms with van der Waals surface area (Å²) < 4.78 is 0. The minimum atomic E-state index is -1.19. The number of nitrogens with zero attached hydrogens (tertiary/aromatic N) is 1. The first-order valence-corrected chi connectivity index (χ1v) is 9.61. The predicted octanol–water partition coefficient (Wildman–Crippen LogP) is 4.33. The molecule has 0 aliphatic rings. The van der Waals surface area contributed by atoms with E-state index in [1.807, 2.05) is 54.6 Å². The van der Waals surface area contributed by atoms with Crippen LogP contribution < -0.4 is 5.32 Å². The van der Waals surface area contributed by atoms with Crippen molar-refractivity contribution in [3.05, 3.63) is 100 Å². The Morgan fingerprint density at radius 2 is 1.45 bits per heavy atom. The van der Waals surface area contributed by atoms with Gasteiger partial charge in [-0.15, -0.1) is 0 Å². The first-order chi connectivity index (χ1) is 14.9. The number of nitro benzene ring substituents is 1. The highest BCUT2D eigenvalue weighted by molar-refractivity contribution is 6.18. The largest absolute Gasteiger partial charge is 0.480 e. The van der Waals surface area contributed by atoms with Crippen molar-refractivity contribution in [2.45, 2.75) is 12.5 Å². The van der Waals surface area contributed by atoms with Crippen LogP contribution in [0.1, 0.15) is 15.9 Å². The van der Waals surface area contributed by atoms with E-state index in [0.29, 0.717) is 11.1 Å². The van der Waals surface area contributed by atoms with Crippen LogP contribution >= 0.6 is 0 Å². The predicted molar refractivity (Wildman–Crippen MR) is 117 cm³/mol. The van der Waals surface area contributed by atoms with E-state index >= 15 is 0 Å². The molecule has 4 rings (SSSR count). The van der Waals surface area contributed by atoms with Gasteiger partial charge in [-0.25, -0.2) is 4.79 Å². The lowest BCUT2D eigenvalue weighted by atomic mass is 9.95. The SMILES string of the molecule is O=C(N[C@H](Cc1ccc([N+](=O)[O-])cc1)C(=O)O)c1c2ccccc2cc2ccccc12. The van der Waals surface area contributed by atoms with E-state index in [0.717, 1.165) is 21.5 Å². The van der Waals surface area contributed by atoms with Gasteiger partial charge < -0.3 is 10.4 Å². The van der Waals surface area contributed by atoms with Crippen LogP contribution in [0.4, 0.5) is 5.69 Å². The van der Waals surface area contributed by atoms with Crippen LogP contribution in [0, 0.1) is 10.1 Å². The molecule has 0 aliphatic heterocycles. The number of hydrogen-bond donors (Lipinski definition) is 2. The first-order valence-electron chi connectivity index (χ1n) is 9.61. The molecule has 0 aromatic heterocycles. The molecule has 0 spiro atoms. The van der Waals surface area contributed by atoms with E-state index < -0.39 is 22.8 Å². The standard InChI is InChI=1S/C24H18N2O5/c27-23(25-21(24(28)29)13-15-9-11-18(12-10-15)26(30)31)22-19-7-3-1-5-16(19)14-17-6-2-4-8-20(17)22/h1-12,14,21H,13H2,(H,25,27)(H,28,29)/t21-/m1/s1. The molecule has 7 heteroatoms.